The third kappa shape index (κ3) is 6.43. The van der Waals surface area contributed by atoms with Crippen molar-refractivity contribution in [3.05, 3.63) is 41.7 Å². The van der Waals surface area contributed by atoms with Gasteiger partial charge < -0.3 is 29.6 Å². The monoisotopic (exact) mass is 620 g/mol. The summed E-state index contributed by atoms with van der Waals surface area (Å²) < 4.78 is 106. The van der Waals surface area contributed by atoms with E-state index >= 15 is 0 Å². The summed E-state index contributed by atoms with van der Waals surface area (Å²) in [5.74, 6) is -12.0. The molecule has 0 saturated carbocycles. The van der Waals surface area contributed by atoms with Gasteiger partial charge in [0.25, 0.3) is 0 Å². The van der Waals surface area contributed by atoms with Gasteiger partial charge in [-0.3, -0.25) is 18.9 Å². The summed E-state index contributed by atoms with van der Waals surface area (Å²) in [6, 6.07) is -1.49. The molecule has 23 heteroatoms. The molecule has 0 aliphatic carbocycles. The van der Waals surface area contributed by atoms with Crippen LogP contribution < -0.4 is 10.6 Å². The quantitative estimate of drug-likeness (QED) is 0.0918. The molecule has 1 saturated heterocycles. The van der Waals surface area contributed by atoms with Crippen LogP contribution in [0.3, 0.4) is 0 Å². The first-order valence-corrected chi connectivity index (χ1v) is 13.5. The van der Waals surface area contributed by atoms with E-state index in [1.54, 1.807) is 0 Å². The van der Waals surface area contributed by atoms with E-state index in [1.807, 2.05) is 5.32 Å². The second-order valence-corrected chi connectivity index (χ2v) is 10.3. The second kappa shape index (κ2) is 11.0. The summed E-state index contributed by atoms with van der Waals surface area (Å²) in [6.45, 7) is -0.836. The number of phosphoric acid groups is 2. The van der Waals surface area contributed by atoms with Crippen LogP contribution in [0.15, 0.2) is 12.7 Å². The number of fused-ring (bicyclic) bond motifs is 1. The molecule has 3 aromatic rings. The van der Waals surface area contributed by atoms with Gasteiger partial charge in [0.05, 0.1) is 12.9 Å². The number of benzene rings is 1. The molecule has 1 fully saturated rings. The Labute approximate surface area is 217 Å². The van der Waals surface area contributed by atoms with Gasteiger partial charge in [-0.15, -0.1) is 0 Å². The number of nitrogens with zero attached hydrogens (tertiary/aromatic N) is 4. The number of phosphoric ester groups is 2. The number of carbonyl (C=O) groups excluding carboxylic acids is 1. The number of rotatable bonds is 8. The minimum absolute atomic E-state index is 0.0991. The minimum atomic E-state index is -5.09. The first-order chi connectivity index (χ1) is 18.6. The molecule has 0 spiro atoms. The zero-order chi connectivity index (χ0) is 29.6. The Hall–Kier alpha value is -3.13. The predicted molar refractivity (Wildman–Crippen MR) is 118 cm³/mol. The number of halogens is 5. The molecule has 0 bridgehead atoms. The number of hydrogen-bond acceptors (Lipinski definition) is 9. The van der Waals surface area contributed by atoms with Crippen LogP contribution in [0.2, 0.25) is 0 Å². The summed E-state index contributed by atoms with van der Waals surface area (Å²) in [7, 11) is -10.1. The molecule has 1 aromatic carbocycles. The second-order valence-electron chi connectivity index (χ2n) is 7.86. The molecule has 2 amide bonds. The average Bonchev–Trinajstić information content (AvgIpc) is 3.46. The Morgan fingerprint density at radius 2 is 1.60 bits per heavy atom. The highest BCUT2D eigenvalue weighted by molar-refractivity contribution is 7.46. The molecule has 0 unspecified atom stereocenters. The lowest BCUT2D eigenvalue weighted by Gasteiger charge is -2.19. The number of carbonyl (C=O) groups is 1. The average molecular weight is 620 g/mol. The highest BCUT2D eigenvalue weighted by Crippen LogP contribution is 2.45. The molecular formula is C17H15F5N6O10P2. The number of hydrogen-bond donors (Lipinski definition) is 6. The molecule has 16 nitrogen and oxygen atoms in total. The van der Waals surface area contributed by atoms with E-state index in [0.717, 1.165) is 17.2 Å². The lowest BCUT2D eigenvalue weighted by Crippen LogP contribution is -2.28. The van der Waals surface area contributed by atoms with Crippen molar-refractivity contribution in [1.82, 2.24) is 19.5 Å². The first kappa shape index (κ1) is 29.8. The van der Waals surface area contributed by atoms with Gasteiger partial charge in [0, 0.05) is 6.42 Å². The van der Waals surface area contributed by atoms with E-state index in [4.69, 9.17) is 24.3 Å². The Balaban J connectivity index is 1.57. The van der Waals surface area contributed by atoms with E-state index < -0.39 is 87.3 Å². The standard InChI is InChI=1S/C17H15F5N6O10P2/c18-8-9(19)11(21)13(12(22)10(8)20)26-17(29)27-15-14-16(24-3-23-15)28(4-25-14)7-1-5(38-40(33,34)35)6(37-7)2-36-39(30,31)32/h3-7H,1-2H2,(H2,30,31,32)(H2,33,34,35)(H2,23,24,26,27,29)/t5-,6+,7+/m0/s1. The van der Waals surface area contributed by atoms with E-state index in [2.05, 4.69) is 24.0 Å². The fourth-order valence-electron chi connectivity index (χ4n) is 3.60. The van der Waals surface area contributed by atoms with Gasteiger partial charge in [-0.05, 0) is 0 Å². The van der Waals surface area contributed by atoms with Crippen molar-refractivity contribution in [3.8, 4) is 0 Å². The molecule has 1 aliphatic heterocycles. The van der Waals surface area contributed by atoms with E-state index in [9.17, 15) is 35.9 Å². The Bertz CT molecular complexity index is 1540. The largest absolute Gasteiger partial charge is 0.469 e. The van der Waals surface area contributed by atoms with Crippen LogP contribution in [0, 0.1) is 29.1 Å². The normalized spacial score (nSPS) is 19.8. The first-order valence-electron chi connectivity index (χ1n) is 10.4. The Kier molecular flexibility index (Phi) is 8.23. The maximum atomic E-state index is 13.9. The minimum Gasteiger partial charge on any atom is -0.349 e. The summed E-state index contributed by atoms with van der Waals surface area (Å²) in [5.41, 5.74) is -1.93. The van der Waals surface area contributed by atoms with Gasteiger partial charge in [0.1, 0.15) is 30.5 Å². The van der Waals surface area contributed by atoms with Crippen molar-refractivity contribution in [2.24, 2.45) is 0 Å². The fourth-order valence-corrected chi connectivity index (χ4v) is 4.52. The third-order valence-electron chi connectivity index (χ3n) is 5.21. The summed E-state index contributed by atoms with van der Waals surface area (Å²) >= 11 is 0. The zero-order valence-electron chi connectivity index (χ0n) is 19.1. The molecule has 218 valence electrons. The fraction of sp³-hybridized carbons (Fsp3) is 0.294. The zero-order valence-corrected chi connectivity index (χ0v) is 20.9. The van der Waals surface area contributed by atoms with E-state index in [-0.39, 0.29) is 17.6 Å². The number of aromatic nitrogens is 4. The number of nitrogens with one attached hydrogen (secondary N) is 2. The molecule has 40 heavy (non-hydrogen) atoms. The number of anilines is 2. The topological polar surface area (TPSA) is 227 Å². The predicted octanol–water partition coefficient (Wildman–Crippen LogP) is 2.04. The van der Waals surface area contributed by atoms with Crippen molar-refractivity contribution in [1.29, 1.82) is 0 Å². The summed E-state index contributed by atoms with van der Waals surface area (Å²) in [6.07, 6.45) is -2.37. The third-order valence-corrected chi connectivity index (χ3v) is 6.24. The summed E-state index contributed by atoms with van der Waals surface area (Å²) in [4.78, 5) is 60.1. The maximum Gasteiger partial charge on any atom is 0.469 e. The molecular weight excluding hydrogens is 605 g/mol. The molecule has 6 N–H and O–H groups in total. The Morgan fingerprint density at radius 3 is 2.20 bits per heavy atom. The van der Waals surface area contributed by atoms with Crippen LogP contribution in [0.5, 0.6) is 0 Å². The van der Waals surface area contributed by atoms with Crippen molar-refractivity contribution in [3.63, 3.8) is 0 Å². The van der Waals surface area contributed by atoms with Crippen LogP contribution in [0.1, 0.15) is 12.6 Å². The molecule has 4 rings (SSSR count). The van der Waals surface area contributed by atoms with Crippen LogP contribution in [-0.4, -0.2) is 63.9 Å². The van der Waals surface area contributed by atoms with Crippen molar-refractivity contribution >= 4 is 44.3 Å². The van der Waals surface area contributed by atoms with Gasteiger partial charge in [-0.25, -0.2) is 50.8 Å². The summed E-state index contributed by atoms with van der Waals surface area (Å²) in [5, 5.41) is 3.49. The van der Waals surface area contributed by atoms with Crippen molar-refractivity contribution in [2.45, 2.75) is 24.9 Å². The van der Waals surface area contributed by atoms with Crippen LogP contribution >= 0.6 is 15.6 Å². The van der Waals surface area contributed by atoms with Crippen molar-refractivity contribution in [2.75, 3.05) is 17.2 Å². The molecule has 3 heterocycles. The molecule has 3 atom stereocenters. The molecule has 2 aromatic heterocycles. The van der Waals surface area contributed by atoms with E-state index in [1.165, 1.54) is 5.32 Å². The number of amides is 2. The smallest absolute Gasteiger partial charge is 0.349 e. The van der Waals surface area contributed by atoms with Crippen LogP contribution in [-0.2, 0) is 22.9 Å². The van der Waals surface area contributed by atoms with Crippen molar-refractivity contribution < 1.29 is 69.2 Å². The van der Waals surface area contributed by atoms with E-state index in [0.29, 0.717) is 0 Å². The van der Waals surface area contributed by atoms with Gasteiger partial charge in [0.15, 0.2) is 40.3 Å². The number of urea groups is 1. The van der Waals surface area contributed by atoms with Gasteiger partial charge in [0.2, 0.25) is 5.82 Å². The van der Waals surface area contributed by atoms with Gasteiger partial charge in [-0.2, -0.15) is 0 Å². The van der Waals surface area contributed by atoms with Gasteiger partial charge in [-0.1, -0.05) is 0 Å². The number of imidazole rings is 1. The van der Waals surface area contributed by atoms with Crippen LogP contribution in [0.25, 0.3) is 11.2 Å². The number of ether oxygens (including phenoxy) is 1. The lowest BCUT2D eigenvalue weighted by molar-refractivity contribution is -0.0417. The highest BCUT2D eigenvalue weighted by Gasteiger charge is 2.42. The SMILES string of the molecule is O=C(Nc1c(F)c(F)c(F)c(F)c1F)Nc1ncnc2c1ncn2[C@H]1C[C@H](OP(=O)(O)O)[C@@H](COP(=O)(O)O)O1. The van der Waals surface area contributed by atoms with Gasteiger partial charge >= 0.3 is 21.7 Å². The molecule has 1 aliphatic rings. The highest BCUT2D eigenvalue weighted by atomic mass is 31.2. The lowest BCUT2D eigenvalue weighted by atomic mass is 10.2. The maximum absolute atomic E-state index is 13.9. The van der Waals surface area contributed by atoms with Crippen LogP contribution in [0.4, 0.5) is 38.3 Å². The Morgan fingerprint density at radius 1 is 0.975 bits per heavy atom. The molecule has 0 radical (unpaired) electrons.